The highest BCUT2D eigenvalue weighted by Crippen LogP contribution is 2.38. The minimum absolute atomic E-state index is 0.615. The second-order valence-corrected chi connectivity index (χ2v) is 13.6. The van der Waals surface area contributed by atoms with Crippen molar-refractivity contribution in [3.05, 3.63) is 182 Å². The van der Waals surface area contributed by atoms with Crippen molar-refractivity contribution in [1.82, 2.24) is 19.5 Å². The minimum atomic E-state index is 0.615. The predicted molar refractivity (Wildman–Crippen MR) is 221 cm³/mol. The molecule has 0 saturated heterocycles. The maximum Gasteiger partial charge on any atom is 0.164 e. The van der Waals surface area contributed by atoms with Crippen LogP contribution in [0.2, 0.25) is 0 Å². The Morgan fingerprint density at radius 3 is 1.69 bits per heavy atom. The molecule has 3 aromatic heterocycles. The van der Waals surface area contributed by atoms with Crippen molar-refractivity contribution in [3.8, 4) is 51.0 Å². The Labute approximate surface area is 310 Å². The van der Waals surface area contributed by atoms with E-state index in [1.807, 2.05) is 60.7 Å². The first-order chi connectivity index (χ1) is 26.7. The molecule has 0 aliphatic carbocycles. The maximum atomic E-state index is 6.10. The van der Waals surface area contributed by atoms with Crippen LogP contribution in [-0.2, 0) is 0 Å². The molecule has 0 spiro atoms. The third-order valence-electron chi connectivity index (χ3n) is 10.5. The molecule has 8 aromatic carbocycles. The van der Waals surface area contributed by atoms with Crippen molar-refractivity contribution >= 4 is 54.5 Å². The Bertz CT molecular complexity index is 3200. The molecule has 0 atom stereocenters. The smallest absolute Gasteiger partial charge is 0.164 e. The van der Waals surface area contributed by atoms with Gasteiger partial charge in [-0.1, -0.05) is 133 Å². The van der Waals surface area contributed by atoms with Crippen molar-refractivity contribution in [2.45, 2.75) is 0 Å². The van der Waals surface area contributed by atoms with E-state index in [4.69, 9.17) is 19.4 Å². The first-order valence-electron chi connectivity index (χ1n) is 18.1. The number of para-hydroxylation sites is 2. The molecule has 0 bridgehead atoms. The Morgan fingerprint density at radius 2 is 0.907 bits per heavy atom. The van der Waals surface area contributed by atoms with E-state index in [-0.39, 0.29) is 0 Å². The number of hydrogen-bond donors (Lipinski definition) is 0. The molecule has 0 saturated carbocycles. The summed E-state index contributed by atoms with van der Waals surface area (Å²) in [5.41, 5.74) is 10.3. The van der Waals surface area contributed by atoms with Gasteiger partial charge in [0, 0.05) is 43.9 Å². The highest BCUT2D eigenvalue weighted by atomic mass is 16.3. The molecular formula is C49H30N4O. The van der Waals surface area contributed by atoms with Crippen LogP contribution in [0.3, 0.4) is 0 Å². The first kappa shape index (κ1) is 30.3. The Morgan fingerprint density at radius 1 is 0.352 bits per heavy atom. The number of nitrogens with zero attached hydrogens (tertiary/aromatic N) is 4. The van der Waals surface area contributed by atoms with Crippen LogP contribution >= 0.6 is 0 Å². The molecule has 5 nitrogen and oxygen atoms in total. The number of furan rings is 1. The third kappa shape index (κ3) is 4.90. The van der Waals surface area contributed by atoms with E-state index in [1.165, 1.54) is 32.6 Å². The van der Waals surface area contributed by atoms with E-state index < -0.39 is 0 Å². The molecular weight excluding hydrogens is 661 g/mol. The maximum absolute atomic E-state index is 6.10. The quantitative estimate of drug-likeness (QED) is 0.180. The van der Waals surface area contributed by atoms with Crippen LogP contribution in [0, 0.1) is 0 Å². The van der Waals surface area contributed by atoms with Gasteiger partial charge in [-0.05, 0) is 70.4 Å². The molecule has 11 rings (SSSR count). The largest absolute Gasteiger partial charge is 0.456 e. The molecule has 0 amide bonds. The van der Waals surface area contributed by atoms with Crippen molar-refractivity contribution in [2.75, 3.05) is 0 Å². The van der Waals surface area contributed by atoms with Gasteiger partial charge in [0.1, 0.15) is 11.2 Å². The average Bonchev–Trinajstić information content (AvgIpc) is 3.80. The van der Waals surface area contributed by atoms with Crippen LogP contribution in [-0.4, -0.2) is 19.5 Å². The SMILES string of the molecule is c1ccc(-c2nc(-c3ccc(-c4ccc(-n5c6ccccc6c6c7ccccc7ccc65)cc4)cc3)nc(-c3ccc4oc5ccccc5c4c3)n2)cc1. The molecule has 5 heteroatoms. The lowest BCUT2D eigenvalue weighted by molar-refractivity contribution is 0.669. The number of rotatable bonds is 5. The molecule has 252 valence electrons. The Hall–Kier alpha value is -7.37. The Kier molecular flexibility index (Phi) is 6.79. The summed E-state index contributed by atoms with van der Waals surface area (Å²) in [4.78, 5) is 15.0. The molecule has 54 heavy (non-hydrogen) atoms. The fourth-order valence-electron chi connectivity index (χ4n) is 7.85. The molecule has 0 fully saturated rings. The van der Waals surface area contributed by atoms with Gasteiger partial charge in [-0.15, -0.1) is 0 Å². The van der Waals surface area contributed by atoms with Gasteiger partial charge in [-0.25, -0.2) is 15.0 Å². The summed E-state index contributed by atoms with van der Waals surface area (Å²) < 4.78 is 8.47. The number of aromatic nitrogens is 4. The van der Waals surface area contributed by atoms with Crippen molar-refractivity contribution in [2.24, 2.45) is 0 Å². The minimum Gasteiger partial charge on any atom is -0.456 e. The lowest BCUT2D eigenvalue weighted by atomic mass is 10.0. The predicted octanol–water partition coefficient (Wildman–Crippen LogP) is 12.7. The summed E-state index contributed by atoms with van der Waals surface area (Å²) in [5, 5.41) is 7.18. The van der Waals surface area contributed by atoms with Gasteiger partial charge in [0.05, 0.1) is 11.0 Å². The monoisotopic (exact) mass is 690 g/mol. The summed E-state index contributed by atoms with van der Waals surface area (Å²) >= 11 is 0. The molecule has 0 unspecified atom stereocenters. The van der Waals surface area contributed by atoms with Gasteiger partial charge >= 0.3 is 0 Å². The van der Waals surface area contributed by atoms with Crippen LogP contribution in [0.5, 0.6) is 0 Å². The summed E-state index contributed by atoms with van der Waals surface area (Å²) in [6.45, 7) is 0. The molecule has 0 aliphatic rings. The topological polar surface area (TPSA) is 56.7 Å². The van der Waals surface area contributed by atoms with Gasteiger partial charge in [-0.3, -0.25) is 0 Å². The van der Waals surface area contributed by atoms with Gasteiger partial charge < -0.3 is 8.98 Å². The van der Waals surface area contributed by atoms with Gasteiger partial charge in [0.15, 0.2) is 17.5 Å². The fraction of sp³-hybridized carbons (Fsp3) is 0. The van der Waals surface area contributed by atoms with Gasteiger partial charge in [-0.2, -0.15) is 0 Å². The Balaban J connectivity index is 0.965. The lowest BCUT2D eigenvalue weighted by Gasteiger charge is -2.11. The van der Waals surface area contributed by atoms with Crippen LogP contribution in [0.25, 0.3) is 105 Å². The van der Waals surface area contributed by atoms with Crippen LogP contribution in [0.15, 0.2) is 186 Å². The standard InChI is InChI=1S/C49H30N4O/c1-2-11-34(12-3-1)47-50-48(52-49(51-47)36-25-29-45-41(30-36)39-14-7-9-17-44(39)54-45)35-20-18-31(19-21-35)32-22-26-37(27-23-32)53-42-16-8-6-15-40(42)46-38-13-5-4-10-33(38)24-28-43(46)53/h1-30H. The van der Waals surface area contributed by atoms with E-state index in [0.29, 0.717) is 17.5 Å². The molecule has 11 aromatic rings. The second-order valence-electron chi connectivity index (χ2n) is 13.6. The zero-order valence-electron chi connectivity index (χ0n) is 29.0. The molecule has 3 heterocycles. The van der Waals surface area contributed by atoms with E-state index in [1.54, 1.807) is 0 Å². The molecule has 0 N–H and O–H groups in total. The zero-order valence-corrected chi connectivity index (χ0v) is 29.0. The number of hydrogen-bond acceptors (Lipinski definition) is 4. The zero-order chi connectivity index (χ0) is 35.6. The van der Waals surface area contributed by atoms with E-state index in [0.717, 1.165) is 55.4 Å². The molecule has 0 aliphatic heterocycles. The van der Waals surface area contributed by atoms with Crippen LogP contribution in [0.4, 0.5) is 0 Å². The number of benzene rings is 8. The summed E-state index contributed by atoms with van der Waals surface area (Å²) in [6, 6.07) is 63.4. The van der Waals surface area contributed by atoms with Crippen molar-refractivity contribution in [1.29, 1.82) is 0 Å². The van der Waals surface area contributed by atoms with Crippen LogP contribution < -0.4 is 0 Å². The van der Waals surface area contributed by atoms with Crippen molar-refractivity contribution in [3.63, 3.8) is 0 Å². The first-order valence-corrected chi connectivity index (χ1v) is 18.1. The van der Waals surface area contributed by atoms with Gasteiger partial charge in [0.25, 0.3) is 0 Å². The normalized spacial score (nSPS) is 11.7. The summed E-state index contributed by atoms with van der Waals surface area (Å²) in [5.74, 6) is 1.87. The second kappa shape index (κ2) is 12.1. The number of fused-ring (bicyclic) bond motifs is 8. The highest BCUT2D eigenvalue weighted by Gasteiger charge is 2.17. The lowest BCUT2D eigenvalue weighted by Crippen LogP contribution is -2.00. The van der Waals surface area contributed by atoms with E-state index >= 15 is 0 Å². The van der Waals surface area contributed by atoms with E-state index in [9.17, 15) is 0 Å². The van der Waals surface area contributed by atoms with Crippen LogP contribution in [0.1, 0.15) is 0 Å². The highest BCUT2D eigenvalue weighted by molar-refractivity contribution is 6.21. The summed E-state index contributed by atoms with van der Waals surface area (Å²) in [6.07, 6.45) is 0. The third-order valence-corrected chi connectivity index (χ3v) is 10.5. The van der Waals surface area contributed by atoms with E-state index in [2.05, 4.69) is 126 Å². The summed E-state index contributed by atoms with van der Waals surface area (Å²) in [7, 11) is 0. The average molecular weight is 691 g/mol. The fourth-order valence-corrected chi connectivity index (χ4v) is 7.85. The molecule has 0 radical (unpaired) electrons. The van der Waals surface area contributed by atoms with Crippen molar-refractivity contribution < 1.29 is 4.42 Å². The van der Waals surface area contributed by atoms with Gasteiger partial charge in [0.2, 0.25) is 0 Å².